The highest BCUT2D eigenvalue weighted by Gasteiger charge is 2.15. The molecule has 0 atom stereocenters. The Morgan fingerprint density at radius 1 is 1.50 bits per heavy atom. The summed E-state index contributed by atoms with van der Waals surface area (Å²) in [6, 6.07) is 7.71. The molecular formula is C12H10ClNOS. The molecule has 1 amide bonds. The van der Waals surface area contributed by atoms with Gasteiger partial charge in [-0.1, -0.05) is 35.9 Å². The van der Waals surface area contributed by atoms with Crippen LogP contribution in [0.5, 0.6) is 0 Å². The van der Waals surface area contributed by atoms with Gasteiger partial charge in [0.15, 0.2) is 0 Å². The molecule has 0 fully saturated rings. The fourth-order valence-corrected chi connectivity index (χ4v) is 2.84. The number of hydrogen-bond acceptors (Lipinski definition) is 2. The molecule has 2 aromatic rings. The van der Waals surface area contributed by atoms with Crippen molar-refractivity contribution in [1.82, 2.24) is 5.32 Å². The Morgan fingerprint density at radius 2 is 2.25 bits per heavy atom. The molecule has 2 rings (SSSR count). The van der Waals surface area contributed by atoms with E-state index in [0.29, 0.717) is 16.4 Å². The normalized spacial score (nSPS) is 10.3. The molecule has 0 bridgehead atoms. The van der Waals surface area contributed by atoms with Gasteiger partial charge in [-0.2, -0.15) is 0 Å². The number of thiophene rings is 1. The third-order valence-corrected chi connectivity index (χ3v) is 3.82. The average molecular weight is 252 g/mol. The van der Waals surface area contributed by atoms with E-state index in [0.717, 1.165) is 10.1 Å². The number of hydrogen-bond donors (Lipinski definition) is 1. The van der Waals surface area contributed by atoms with Crippen molar-refractivity contribution < 1.29 is 4.79 Å². The van der Waals surface area contributed by atoms with Crippen molar-refractivity contribution in [2.24, 2.45) is 0 Å². The van der Waals surface area contributed by atoms with Crippen LogP contribution in [0.15, 0.2) is 36.9 Å². The van der Waals surface area contributed by atoms with E-state index in [1.165, 1.54) is 11.3 Å². The van der Waals surface area contributed by atoms with Crippen LogP contribution in [0.25, 0.3) is 10.1 Å². The lowest BCUT2D eigenvalue weighted by Gasteiger charge is -1.98. The smallest absolute Gasteiger partial charge is 0.263 e. The lowest BCUT2D eigenvalue weighted by Crippen LogP contribution is -2.22. The molecule has 0 spiro atoms. The maximum atomic E-state index is 11.8. The highest BCUT2D eigenvalue weighted by molar-refractivity contribution is 7.21. The van der Waals surface area contributed by atoms with Crippen molar-refractivity contribution in [3.63, 3.8) is 0 Å². The zero-order valence-electron chi connectivity index (χ0n) is 8.50. The van der Waals surface area contributed by atoms with Crippen LogP contribution in [0.2, 0.25) is 5.02 Å². The summed E-state index contributed by atoms with van der Waals surface area (Å²) in [4.78, 5) is 12.3. The number of benzene rings is 1. The zero-order chi connectivity index (χ0) is 11.5. The molecule has 0 aliphatic heterocycles. The fourth-order valence-electron chi connectivity index (χ4n) is 1.41. The van der Waals surface area contributed by atoms with E-state index in [1.54, 1.807) is 6.08 Å². The van der Waals surface area contributed by atoms with Gasteiger partial charge in [0.1, 0.15) is 4.88 Å². The van der Waals surface area contributed by atoms with Crippen LogP contribution in [-0.2, 0) is 0 Å². The number of halogens is 1. The van der Waals surface area contributed by atoms with E-state index in [-0.39, 0.29) is 5.91 Å². The lowest BCUT2D eigenvalue weighted by atomic mass is 10.2. The number of nitrogens with one attached hydrogen (secondary N) is 1. The number of amides is 1. The average Bonchev–Trinajstić information content (AvgIpc) is 2.64. The van der Waals surface area contributed by atoms with E-state index in [9.17, 15) is 4.79 Å². The molecule has 0 saturated carbocycles. The van der Waals surface area contributed by atoms with E-state index in [1.807, 2.05) is 24.3 Å². The third kappa shape index (κ3) is 1.96. The minimum atomic E-state index is -0.147. The molecule has 16 heavy (non-hydrogen) atoms. The van der Waals surface area contributed by atoms with Crippen molar-refractivity contribution in [1.29, 1.82) is 0 Å². The Hall–Kier alpha value is -1.32. The van der Waals surface area contributed by atoms with Gasteiger partial charge >= 0.3 is 0 Å². The van der Waals surface area contributed by atoms with Gasteiger partial charge in [0.05, 0.1) is 5.02 Å². The molecule has 82 valence electrons. The van der Waals surface area contributed by atoms with Gasteiger partial charge in [-0.15, -0.1) is 17.9 Å². The summed E-state index contributed by atoms with van der Waals surface area (Å²) in [7, 11) is 0. The van der Waals surface area contributed by atoms with Crippen molar-refractivity contribution in [2.45, 2.75) is 0 Å². The van der Waals surface area contributed by atoms with Crippen molar-refractivity contribution in [3.8, 4) is 0 Å². The maximum absolute atomic E-state index is 11.8. The van der Waals surface area contributed by atoms with Gasteiger partial charge in [0.2, 0.25) is 0 Å². The quantitative estimate of drug-likeness (QED) is 0.832. The predicted molar refractivity (Wildman–Crippen MR) is 69.4 cm³/mol. The minimum absolute atomic E-state index is 0.147. The second kappa shape index (κ2) is 4.68. The standard InChI is InChI=1S/C12H10ClNOS/c1-2-7-14-12(15)11-10(13)8-5-3-4-6-9(8)16-11/h2-6H,1,7H2,(H,14,15). The van der Waals surface area contributed by atoms with E-state index in [4.69, 9.17) is 11.6 Å². The number of rotatable bonds is 3. The third-order valence-electron chi connectivity index (χ3n) is 2.15. The van der Waals surface area contributed by atoms with Crippen LogP contribution in [0.4, 0.5) is 0 Å². The molecule has 1 N–H and O–H groups in total. The monoisotopic (exact) mass is 251 g/mol. The molecule has 1 heterocycles. The van der Waals surface area contributed by atoms with Crippen LogP contribution in [0.1, 0.15) is 9.67 Å². The van der Waals surface area contributed by atoms with Crippen molar-refractivity contribution in [2.75, 3.05) is 6.54 Å². The Bertz CT molecular complexity index is 547. The first-order valence-electron chi connectivity index (χ1n) is 4.80. The van der Waals surface area contributed by atoms with Crippen molar-refractivity contribution in [3.05, 3.63) is 46.8 Å². The van der Waals surface area contributed by atoms with Gasteiger partial charge in [0, 0.05) is 16.6 Å². The summed E-state index contributed by atoms with van der Waals surface area (Å²) >= 11 is 7.56. The Morgan fingerprint density at radius 3 is 2.94 bits per heavy atom. The van der Waals surface area contributed by atoms with Crippen LogP contribution in [0, 0.1) is 0 Å². The van der Waals surface area contributed by atoms with Gasteiger partial charge in [0.25, 0.3) is 5.91 Å². The first kappa shape index (κ1) is 11.2. The summed E-state index contributed by atoms with van der Waals surface area (Å²) < 4.78 is 1.02. The SMILES string of the molecule is C=CCNC(=O)c1sc2ccccc2c1Cl. The Kier molecular flexibility index (Phi) is 3.27. The predicted octanol–water partition coefficient (Wildman–Crippen LogP) is 3.47. The second-order valence-electron chi connectivity index (χ2n) is 3.24. The molecule has 1 aromatic heterocycles. The number of carbonyl (C=O) groups excluding carboxylic acids is 1. The van der Waals surface area contributed by atoms with Crippen LogP contribution >= 0.6 is 22.9 Å². The molecular weight excluding hydrogens is 242 g/mol. The van der Waals surface area contributed by atoms with Crippen LogP contribution in [0.3, 0.4) is 0 Å². The molecule has 0 aliphatic rings. The number of carbonyl (C=O) groups is 1. The van der Waals surface area contributed by atoms with Gasteiger partial charge in [-0.3, -0.25) is 4.79 Å². The van der Waals surface area contributed by atoms with Crippen LogP contribution in [-0.4, -0.2) is 12.5 Å². The highest BCUT2D eigenvalue weighted by atomic mass is 35.5. The first-order chi connectivity index (χ1) is 7.74. The van der Waals surface area contributed by atoms with Gasteiger partial charge < -0.3 is 5.32 Å². The van der Waals surface area contributed by atoms with Gasteiger partial charge in [-0.05, 0) is 6.07 Å². The highest BCUT2D eigenvalue weighted by Crippen LogP contribution is 2.34. The fraction of sp³-hybridized carbons (Fsp3) is 0.0833. The maximum Gasteiger partial charge on any atom is 0.263 e. The molecule has 0 radical (unpaired) electrons. The zero-order valence-corrected chi connectivity index (χ0v) is 10.1. The molecule has 0 unspecified atom stereocenters. The Balaban J connectivity index is 2.41. The van der Waals surface area contributed by atoms with Crippen molar-refractivity contribution >= 4 is 38.9 Å². The molecule has 0 aliphatic carbocycles. The van der Waals surface area contributed by atoms with E-state index >= 15 is 0 Å². The lowest BCUT2D eigenvalue weighted by molar-refractivity contribution is 0.0962. The van der Waals surface area contributed by atoms with Crippen LogP contribution < -0.4 is 5.32 Å². The largest absolute Gasteiger partial charge is 0.348 e. The Labute approximate surface area is 103 Å². The summed E-state index contributed by atoms with van der Waals surface area (Å²) in [5.41, 5.74) is 0. The van der Waals surface area contributed by atoms with Gasteiger partial charge in [-0.25, -0.2) is 0 Å². The number of fused-ring (bicyclic) bond motifs is 1. The molecule has 4 heteroatoms. The molecule has 0 saturated heterocycles. The van der Waals surface area contributed by atoms with E-state index < -0.39 is 0 Å². The molecule has 2 nitrogen and oxygen atoms in total. The second-order valence-corrected chi connectivity index (χ2v) is 4.67. The summed E-state index contributed by atoms with van der Waals surface area (Å²) in [5.74, 6) is -0.147. The van der Waals surface area contributed by atoms with E-state index in [2.05, 4.69) is 11.9 Å². The topological polar surface area (TPSA) is 29.1 Å². The minimum Gasteiger partial charge on any atom is -0.348 e. The summed E-state index contributed by atoms with van der Waals surface area (Å²) in [6.07, 6.45) is 1.64. The summed E-state index contributed by atoms with van der Waals surface area (Å²) in [5, 5.41) is 4.18. The first-order valence-corrected chi connectivity index (χ1v) is 5.99. The summed E-state index contributed by atoms with van der Waals surface area (Å²) in [6.45, 7) is 4.00. The molecule has 1 aromatic carbocycles.